The molecule has 0 aromatic heterocycles. The molecule has 1 fully saturated rings. The van der Waals surface area contributed by atoms with Crippen LogP contribution in [0.25, 0.3) is 0 Å². The minimum absolute atomic E-state index is 0.0250. The predicted molar refractivity (Wildman–Crippen MR) is 71.2 cm³/mol. The molecule has 0 bridgehead atoms. The number of para-hydroxylation sites is 1. The van der Waals surface area contributed by atoms with Crippen molar-refractivity contribution in [1.82, 2.24) is 0 Å². The Labute approximate surface area is 111 Å². The molecule has 0 spiro atoms. The van der Waals surface area contributed by atoms with Crippen LogP contribution >= 0.6 is 11.6 Å². The van der Waals surface area contributed by atoms with Crippen molar-refractivity contribution in [1.29, 1.82) is 0 Å². The fourth-order valence-corrected chi connectivity index (χ4v) is 3.08. The summed E-state index contributed by atoms with van der Waals surface area (Å²) in [7, 11) is 0. The van der Waals surface area contributed by atoms with Gasteiger partial charge in [-0.2, -0.15) is 0 Å². The van der Waals surface area contributed by atoms with Gasteiger partial charge in [0.15, 0.2) is 0 Å². The fraction of sp³-hybridized carbons (Fsp3) is 0.462. The number of hydrogen-bond acceptors (Lipinski definition) is 3. The second kappa shape index (κ2) is 4.44. The number of benzene rings is 1. The van der Waals surface area contributed by atoms with Gasteiger partial charge in [0.05, 0.1) is 41.6 Å². The lowest BCUT2D eigenvalue weighted by Gasteiger charge is -2.30. The first kappa shape index (κ1) is 11.8. The van der Waals surface area contributed by atoms with Crippen LogP contribution < -0.4 is 10.2 Å². The van der Waals surface area contributed by atoms with Gasteiger partial charge in [0.2, 0.25) is 5.91 Å². The van der Waals surface area contributed by atoms with E-state index in [1.54, 1.807) is 0 Å². The first-order valence-electron chi connectivity index (χ1n) is 6.16. The molecule has 2 atom stereocenters. The van der Waals surface area contributed by atoms with Crippen LogP contribution in [0.15, 0.2) is 18.2 Å². The molecule has 1 N–H and O–H groups in total. The Morgan fingerprint density at radius 2 is 2.33 bits per heavy atom. The van der Waals surface area contributed by atoms with E-state index in [0.717, 1.165) is 17.9 Å². The smallest absolute Gasteiger partial charge is 0.232 e. The molecular formula is C13H15ClN2O2. The van der Waals surface area contributed by atoms with Gasteiger partial charge in [-0.15, -0.1) is 0 Å². The number of nitrogens with one attached hydrogen (secondary N) is 1. The van der Waals surface area contributed by atoms with Crippen molar-refractivity contribution >= 4 is 28.9 Å². The lowest BCUT2D eigenvalue weighted by atomic mass is 10.0. The summed E-state index contributed by atoms with van der Waals surface area (Å²) in [4.78, 5) is 14.3. The number of ether oxygens (including phenoxy) is 1. The Hall–Kier alpha value is -1.26. The summed E-state index contributed by atoms with van der Waals surface area (Å²) >= 11 is 6.29. The second-order valence-corrected chi connectivity index (χ2v) is 5.03. The van der Waals surface area contributed by atoms with Crippen molar-refractivity contribution in [3.8, 4) is 0 Å². The van der Waals surface area contributed by atoms with E-state index in [1.165, 1.54) is 0 Å². The first-order valence-corrected chi connectivity index (χ1v) is 6.54. The van der Waals surface area contributed by atoms with E-state index < -0.39 is 0 Å². The monoisotopic (exact) mass is 266 g/mol. The predicted octanol–water partition coefficient (Wildman–Crippen LogP) is 2.13. The van der Waals surface area contributed by atoms with Crippen LogP contribution in [0.4, 0.5) is 11.4 Å². The van der Waals surface area contributed by atoms with Crippen molar-refractivity contribution in [3.63, 3.8) is 0 Å². The van der Waals surface area contributed by atoms with Gasteiger partial charge in [-0.3, -0.25) is 4.79 Å². The Balaban J connectivity index is 2.14. The van der Waals surface area contributed by atoms with Crippen LogP contribution in [0, 0.1) is 5.92 Å². The normalized spacial score (nSPS) is 26.3. The van der Waals surface area contributed by atoms with Gasteiger partial charge in [-0.1, -0.05) is 17.7 Å². The Morgan fingerprint density at radius 3 is 3.11 bits per heavy atom. The summed E-state index contributed by atoms with van der Waals surface area (Å²) in [6.45, 7) is 3.93. The summed E-state index contributed by atoms with van der Waals surface area (Å²) in [5.41, 5.74) is 1.71. The molecule has 2 heterocycles. The number of rotatable bonds is 1. The van der Waals surface area contributed by atoms with Crippen LogP contribution in [0.5, 0.6) is 0 Å². The fourth-order valence-electron chi connectivity index (χ4n) is 2.79. The van der Waals surface area contributed by atoms with Crippen molar-refractivity contribution in [2.75, 3.05) is 30.0 Å². The van der Waals surface area contributed by atoms with Gasteiger partial charge in [0.25, 0.3) is 0 Å². The van der Waals surface area contributed by atoms with E-state index in [4.69, 9.17) is 16.3 Å². The topological polar surface area (TPSA) is 41.6 Å². The van der Waals surface area contributed by atoms with E-state index in [2.05, 4.69) is 17.1 Å². The zero-order valence-corrected chi connectivity index (χ0v) is 10.9. The van der Waals surface area contributed by atoms with Crippen LogP contribution in [-0.2, 0) is 9.53 Å². The van der Waals surface area contributed by atoms with Gasteiger partial charge in [0.1, 0.15) is 0 Å². The van der Waals surface area contributed by atoms with E-state index in [0.29, 0.717) is 18.2 Å². The minimum atomic E-state index is -0.117. The molecule has 2 unspecified atom stereocenters. The molecule has 0 aliphatic carbocycles. The highest BCUT2D eigenvalue weighted by molar-refractivity contribution is 6.34. The van der Waals surface area contributed by atoms with E-state index >= 15 is 0 Å². The van der Waals surface area contributed by atoms with Gasteiger partial charge < -0.3 is 15.0 Å². The zero-order valence-electron chi connectivity index (χ0n) is 10.1. The van der Waals surface area contributed by atoms with Crippen LogP contribution in [0.3, 0.4) is 0 Å². The average molecular weight is 267 g/mol. The molecule has 1 amide bonds. The number of nitrogens with zero attached hydrogens (tertiary/aromatic N) is 1. The van der Waals surface area contributed by atoms with Gasteiger partial charge >= 0.3 is 0 Å². The lowest BCUT2D eigenvalue weighted by molar-refractivity contribution is -0.120. The number of amides is 1. The number of carbonyl (C=O) groups is 1. The molecule has 18 heavy (non-hydrogen) atoms. The van der Waals surface area contributed by atoms with Crippen LogP contribution in [-0.4, -0.2) is 31.7 Å². The third kappa shape index (κ3) is 1.68. The summed E-state index contributed by atoms with van der Waals surface area (Å²) < 4.78 is 5.46. The van der Waals surface area contributed by atoms with Crippen molar-refractivity contribution < 1.29 is 9.53 Å². The maximum absolute atomic E-state index is 12.2. The molecule has 1 aromatic carbocycles. The number of carbonyl (C=O) groups excluding carboxylic acids is 1. The lowest BCUT2D eigenvalue weighted by Crippen LogP contribution is -2.42. The van der Waals surface area contributed by atoms with E-state index in [9.17, 15) is 4.79 Å². The Bertz CT molecular complexity index is 492. The summed E-state index contributed by atoms with van der Waals surface area (Å²) in [6, 6.07) is 5.68. The standard InChI is InChI=1S/C13H15ClN2O2/c1-2-16-11-7-18-6-8(11)13(17)15-10-5-3-4-9(14)12(10)16/h3-5,8,11H,2,6-7H2,1H3,(H,15,17). The molecule has 4 nitrogen and oxygen atoms in total. The number of anilines is 2. The van der Waals surface area contributed by atoms with Crippen molar-refractivity contribution in [2.24, 2.45) is 5.92 Å². The summed E-state index contributed by atoms with van der Waals surface area (Å²) in [5.74, 6) is -0.0922. The maximum Gasteiger partial charge on any atom is 0.232 e. The Kier molecular flexibility index (Phi) is 2.92. The van der Waals surface area contributed by atoms with Gasteiger partial charge in [-0.25, -0.2) is 0 Å². The third-order valence-electron chi connectivity index (χ3n) is 3.66. The maximum atomic E-state index is 12.2. The third-order valence-corrected chi connectivity index (χ3v) is 3.97. The molecule has 0 saturated carbocycles. The van der Waals surface area contributed by atoms with Crippen LogP contribution in [0.2, 0.25) is 5.02 Å². The van der Waals surface area contributed by atoms with E-state index in [1.807, 2.05) is 18.2 Å². The SMILES string of the molecule is CCN1c2c(Cl)cccc2NC(=O)C2COCC21. The summed E-state index contributed by atoms with van der Waals surface area (Å²) in [5, 5.41) is 3.62. The first-order chi connectivity index (χ1) is 8.72. The van der Waals surface area contributed by atoms with E-state index in [-0.39, 0.29) is 17.9 Å². The quantitative estimate of drug-likeness (QED) is 0.847. The molecule has 1 aromatic rings. The van der Waals surface area contributed by atoms with Gasteiger partial charge in [0, 0.05) is 6.54 Å². The molecule has 2 aliphatic rings. The number of halogens is 1. The zero-order chi connectivity index (χ0) is 12.7. The molecular weight excluding hydrogens is 252 g/mol. The highest BCUT2D eigenvalue weighted by atomic mass is 35.5. The van der Waals surface area contributed by atoms with Gasteiger partial charge in [-0.05, 0) is 19.1 Å². The Morgan fingerprint density at radius 1 is 1.50 bits per heavy atom. The molecule has 3 rings (SSSR count). The van der Waals surface area contributed by atoms with Crippen LogP contribution in [0.1, 0.15) is 6.92 Å². The molecule has 5 heteroatoms. The molecule has 2 aliphatic heterocycles. The van der Waals surface area contributed by atoms with Crippen molar-refractivity contribution in [2.45, 2.75) is 13.0 Å². The highest BCUT2D eigenvalue weighted by Crippen LogP contribution is 2.40. The molecule has 96 valence electrons. The highest BCUT2D eigenvalue weighted by Gasteiger charge is 2.41. The average Bonchev–Trinajstić information content (AvgIpc) is 2.78. The number of likely N-dealkylation sites (N-methyl/N-ethyl adjacent to an activating group) is 1. The number of hydrogen-bond donors (Lipinski definition) is 1. The second-order valence-electron chi connectivity index (χ2n) is 4.62. The number of fused-ring (bicyclic) bond motifs is 2. The largest absolute Gasteiger partial charge is 0.378 e. The molecule has 1 saturated heterocycles. The minimum Gasteiger partial charge on any atom is -0.378 e. The summed E-state index contributed by atoms with van der Waals surface area (Å²) in [6.07, 6.45) is 0. The van der Waals surface area contributed by atoms with Crippen molar-refractivity contribution in [3.05, 3.63) is 23.2 Å². The molecule has 0 radical (unpaired) electrons.